The maximum Gasteiger partial charge on any atom is 0.271 e. The van der Waals surface area contributed by atoms with E-state index >= 15 is 0 Å². The summed E-state index contributed by atoms with van der Waals surface area (Å²) in [7, 11) is 1.83. The summed E-state index contributed by atoms with van der Waals surface area (Å²) >= 11 is 5.92. The smallest absolute Gasteiger partial charge is 0.271 e. The lowest BCUT2D eigenvalue weighted by Crippen LogP contribution is -2.25. The Morgan fingerprint density at radius 3 is 2.73 bits per heavy atom. The third kappa shape index (κ3) is 2.81. The molecule has 0 fully saturated rings. The van der Waals surface area contributed by atoms with Gasteiger partial charge in [0, 0.05) is 32.3 Å². The molecule has 15 heavy (non-hydrogen) atoms. The molecular formula is C9H12ClN3O2. The standard InChI is InChI=1S/C9H12ClN3O2/c1-12(5-4-11)9-3-2-7(13(14)15)6-8(9)10/h2-3,6H,4-5,11H2,1H3. The molecule has 1 rings (SSSR count). The molecule has 0 bridgehead atoms. The third-order valence-electron chi connectivity index (χ3n) is 2.02. The molecule has 5 nitrogen and oxygen atoms in total. The molecule has 0 saturated carbocycles. The molecule has 0 atom stereocenters. The number of hydrogen-bond donors (Lipinski definition) is 1. The van der Waals surface area contributed by atoms with E-state index in [-0.39, 0.29) is 5.69 Å². The second kappa shape index (κ2) is 4.95. The van der Waals surface area contributed by atoms with Crippen LogP contribution in [0.3, 0.4) is 0 Å². The van der Waals surface area contributed by atoms with Gasteiger partial charge in [-0.15, -0.1) is 0 Å². The zero-order valence-corrected chi connectivity index (χ0v) is 9.07. The first-order valence-corrected chi connectivity index (χ1v) is 4.79. The molecular weight excluding hydrogens is 218 g/mol. The molecule has 1 aromatic carbocycles. The fourth-order valence-corrected chi connectivity index (χ4v) is 1.55. The largest absolute Gasteiger partial charge is 0.372 e. The van der Waals surface area contributed by atoms with E-state index < -0.39 is 4.92 Å². The van der Waals surface area contributed by atoms with Gasteiger partial charge in [-0.25, -0.2) is 0 Å². The Morgan fingerprint density at radius 2 is 2.27 bits per heavy atom. The first kappa shape index (κ1) is 11.7. The Kier molecular flexibility index (Phi) is 3.88. The summed E-state index contributed by atoms with van der Waals surface area (Å²) < 4.78 is 0. The van der Waals surface area contributed by atoms with E-state index in [0.717, 1.165) is 5.69 Å². The van der Waals surface area contributed by atoms with Crippen molar-refractivity contribution in [2.75, 3.05) is 25.0 Å². The van der Waals surface area contributed by atoms with Crippen LogP contribution in [0, 0.1) is 10.1 Å². The van der Waals surface area contributed by atoms with Crippen LogP contribution in [0.25, 0.3) is 0 Å². The summed E-state index contributed by atoms with van der Waals surface area (Å²) in [5.74, 6) is 0. The van der Waals surface area contributed by atoms with Crippen LogP contribution < -0.4 is 10.6 Å². The molecule has 0 unspecified atom stereocenters. The van der Waals surface area contributed by atoms with Crippen molar-refractivity contribution in [2.45, 2.75) is 0 Å². The van der Waals surface area contributed by atoms with Crippen molar-refractivity contribution in [3.8, 4) is 0 Å². The van der Waals surface area contributed by atoms with Crippen molar-refractivity contribution in [1.29, 1.82) is 0 Å². The molecule has 6 heteroatoms. The fourth-order valence-electron chi connectivity index (χ4n) is 1.23. The summed E-state index contributed by atoms with van der Waals surface area (Å²) in [4.78, 5) is 11.9. The zero-order chi connectivity index (χ0) is 11.4. The summed E-state index contributed by atoms with van der Waals surface area (Å²) in [5.41, 5.74) is 6.14. The molecule has 82 valence electrons. The Balaban J connectivity index is 2.97. The number of halogens is 1. The number of nitrogens with two attached hydrogens (primary N) is 1. The normalized spacial score (nSPS) is 10.1. The van der Waals surface area contributed by atoms with Crippen molar-refractivity contribution in [1.82, 2.24) is 0 Å². The molecule has 0 heterocycles. The van der Waals surface area contributed by atoms with Gasteiger partial charge < -0.3 is 10.6 Å². The van der Waals surface area contributed by atoms with Gasteiger partial charge in [0.1, 0.15) is 0 Å². The van der Waals surface area contributed by atoms with Gasteiger partial charge in [-0.1, -0.05) is 11.6 Å². The topological polar surface area (TPSA) is 72.4 Å². The van der Waals surface area contributed by atoms with Gasteiger partial charge in [-0.3, -0.25) is 10.1 Å². The second-order valence-corrected chi connectivity index (χ2v) is 3.51. The number of non-ortho nitro benzene ring substituents is 1. The third-order valence-corrected chi connectivity index (χ3v) is 2.32. The van der Waals surface area contributed by atoms with Crippen LogP contribution in [0.2, 0.25) is 5.02 Å². The molecule has 0 aliphatic rings. The Hall–Kier alpha value is -1.33. The Labute approximate surface area is 92.6 Å². The number of rotatable bonds is 4. The van der Waals surface area contributed by atoms with E-state index in [0.29, 0.717) is 18.1 Å². The highest BCUT2D eigenvalue weighted by Crippen LogP contribution is 2.28. The highest BCUT2D eigenvalue weighted by molar-refractivity contribution is 6.33. The molecule has 2 N–H and O–H groups in total. The molecule has 0 saturated heterocycles. The first-order valence-electron chi connectivity index (χ1n) is 4.41. The van der Waals surface area contributed by atoms with Gasteiger partial charge in [-0.2, -0.15) is 0 Å². The average molecular weight is 230 g/mol. The number of anilines is 1. The SMILES string of the molecule is CN(CCN)c1ccc([N+](=O)[O-])cc1Cl. The van der Waals surface area contributed by atoms with Crippen molar-refractivity contribution in [3.63, 3.8) is 0 Å². The van der Waals surface area contributed by atoms with E-state index in [4.69, 9.17) is 17.3 Å². The zero-order valence-electron chi connectivity index (χ0n) is 8.31. The molecule has 0 aromatic heterocycles. The maximum atomic E-state index is 10.5. The Bertz CT molecular complexity index is 370. The lowest BCUT2D eigenvalue weighted by molar-refractivity contribution is -0.384. The van der Waals surface area contributed by atoms with Crippen LogP contribution >= 0.6 is 11.6 Å². The maximum absolute atomic E-state index is 10.5. The summed E-state index contributed by atoms with van der Waals surface area (Å²) in [6.07, 6.45) is 0. The van der Waals surface area contributed by atoms with E-state index in [1.165, 1.54) is 12.1 Å². The highest BCUT2D eigenvalue weighted by Gasteiger charge is 2.11. The quantitative estimate of drug-likeness (QED) is 0.629. The van der Waals surface area contributed by atoms with E-state index in [1.807, 2.05) is 11.9 Å². The number of nitro benzene ring substituents is 1. The van der Waals surface area contributed by atoms with Crippen LogP contribution in [0.15, 0.2) is 18.2 Å². The number of likely N-dealkylation sites (N-methyl/N-ethyl adjacent to an activating group) is 1. The van der Waals surface area contributed by atoms with Crippen LogP contribution in [0.1, 0.15) is 0 Å². The van der Waals surface area contributed by atoms with Gasteiger partial charge in [0.2, 0.25) is 0 Å². The van der Waals surface area contributed by atoms with Gasteiger partial charge in [0.25, 0.3) is 5.69 Å². The van der Waals surface area contributed by atoms with E-state index in [9.17, 15) is 10.1 Å². The van der Waals surface area contributed by atoms with Crippen molar-refractivity contribution < 1.29 is 4.92 Å². The molecule has 0 aliphatic heterocycles. The Morgan fingerprint density at radius 1 is 1.60 bits per heavy atom. The second-order valence-electron chi connectivity index (χ2n) is 3.10. The highest BCUT2D eigenvalue weighted by atomic mass is 35.5. The summed E-state index contributed by atoms with van der Waals surface area (Å²) in [5, 5.41) is 10.8. The lowest BCUT2D eigenvalue weighted by atomic mass is 10.2. The van der Waals surface area contributed by atoms with E-state index in [1.54, 1.807) is 6.07 Å². The molecule has 0 aliphatic carbocycles. The molecule has 1 aromatic rings. The van der Waals surface area contributed by atoms with Crippen LogP contribution in [0.4, 0.5) is 11.4 Å². The van der Waals surface area contributed by atoms with Crippen molar-refractivity contribution in [3.05, 3.63) is 33.3 Å². The van der Waals surface area contributed by atoms with Gasteiger partial charge >= 0.3 is 0 Å². The summed E-state index contributed by atoms with van der Waals surface area (Å²) in [6.45, 7) is 1.15. The number of hydrogen-bond acceptors (Lipinski definition) is 4. The minimum atomic E-state index is -0.474. The van der Waals surface area contributed by atoms with Crippen molar-refractivity contribution in [2.24, 2.45) is 5.73 Å². The molecule has 0 spiro atoms. The number of benzene rings is 1. The number of nitrogens with zero attached hydrogens (tertiary/aromatic N) is 2. The average Bonchev–Trinajstić information content (AvgIpc) is 2.17. The molecule has 0 radical (unpaired) electrons. The van der Waals surface area contributed by atoms with Crippen LogP contribution in [-0.4, -0.2) is 25.1 Å². The predicted octanol–water partition coefficient (Wildman–Crippen LogP) is 1.64. The van der Waals surface area contributed by atoms with Gasteiger partial charge in [0.05, 0.1) is 15.6 Å². The minimum absolute atomic E-state index is 0.00935. The van der Waals surface area contributed by atoms with E-state index in [2.05, 4.69) is 0 Å². The van der Waals surface area contributed by atoms with Crippen LogP contribution in [-0.2, 0) is 0 Å². The van der Waals surface area contributed by atoms with Crippen LogP contribution in [0.5, 0.6) is 0 Å². The fraction of sp³-hybridized carbons (Fsp3) is 0.333. The molecule has 0 amide bonds. The van der Waals surface area contributed by atoms with Gasteiger partial charge in [-0.05, 0) is 6.07 Å². The predicted molar refractivity (Wildman–Crippen MR) is 60.4 cm³/mol. The lowest BCUT2D eigenvalue weighted by Gasteiger charge is -2.19. The summed E-state index contributed by atoms with van der Waals surface area (Å²) in [6, 6.07) is 4.38. The number of nitro groups is 1. The van der Waals surface area contributed by atoms with Crippen molar-refractivity contribution >= 4 is 23.0 Å². The minimum Gasteiger partial charge on any atom is -0.372 e. The first-order chi connectivity index (χ1) is 7.06. The monoisotopic (exact) mass is 229 g/mol. The van der Waals surface area contributed by atoms with Gasteiger partial charge in [0.15, 0.2) is 0 Å².